The van der Waals surface area contributed by atoms with Crippen LogP contribution in [0.4, 0.5) is 4.79 Å². The van der Waals surface area contributed by atoms with Crippen molar-refractivity contribution in [2.75, 3.05) is 19.7 Å². The number of hydrogen-bond acceptors (Lipinski definition) is 6. The molecule has 0 saturated carbocycles. The fraction of sp³-hybridized carbons (Fsp3) is 0.423. The largest absolute Gasteiger partial charge is 0.487 e. The summed E-state index contributed by atoms with van der Waals surface area (Å²) in [5, 5.41) is 5.78. The third-order valence-electron chi connectivity index (χ3n) is 5.60. The van der Waals surface area contributed by atoms with Crippen LogP contribution in [-0.2, 0) is 27.3 Å². The molecule has 0 spiro atoms. The lowest BCUT2D eigenvalue weighted by Gasteiger charge is -2.40. The first-order chi connectivity index (χ1) is 16.6. The zero-order valence-corrected chi connectivity index (χ0v) is 22.0. The molecule has 2 heterocycles. The van der Waals surface area contributed by atoms with Crippen LogP contribution < -0.4 is 4.74 Å². The zero-order chi connectivity index (χ0) is 25.2. The summed E-state index contributed by atoms with van der Waals surface area (Å²) in [4.78, 5) is 26.1. The highest BCUT2D eigenvalue weighted by Gasteiger charge is 2.36. The Hall–Kier alpha value is -3.07. The molecule has 1 aliphatic heterocycles. The Morgan fingerprint density at radius 3 is 2.60 bits per heavy atom. The number of halogens is 1. The number of carbonyl (C=O) groups excluding carboxylic acids is 2. The van der Waals surface area contributed by atoms with E-state index in [4.69, 9.17) is 19.3 Å². The Morgan fingerprint density at radius 2 is 1.89 bits per heavy atom. The van der Waals surface area contributed by atoms with Crippen LogP contribution in [0.15, 0.2) is 46.9 Å². The maximum atomic E-state index is 12.4. The number of benzene rings is 2. The molecule has 186 valence electrons. The number of para-hydroxylation sites is 1. The molecule has 1 fully saturated rings. The summed E-state index contributed by atoms with van der Waals surface area (Å²) in [7, 11) is 0. The van der Waals surface area contributed by atoms with Gasteiger partial charge in [0.15, 0.2) is 0 Å². The summed E-state index contributed by atoms with van der Waals surface area (Å²) in [5.41, 5.74) is 1.98. The summed E-state index contributed by atoms with van der Waals surface area (Å²) in [6.07, 6.45) is -0.179. The van der Waals surface area contributed by atoms with Gasteiger partial charge in [0.2, 0.25) is 0 Å². The summed E-state index contributed by atoms with van der Waals surface area (Å²) < 4.78 is 19.7. The monoisotopic (exact) mass is 543 g/mol. The van der Waals surface area contributed by atoms with Crippen molar-refractivity contribution >= 4 is 38.9 Å². The van der Waals surface area contributed by atoms with Crippen molar-refractivity contribution in [2.45, 2.75) is 52.4 Å². The third kappa shape index (κ3) is 5.96. The second-order valence-corrected chi connectivity index (χ2v) is 10.4. The van der Waals surface area contributed by atoms with E-state index in [0.29, 0.717) is 25.4 Å². The molecule has 0 atom stereocenters. The van der Waals surface area contributed by atoms with E-state index in [1.807, 2.05) is 67.9 Å². The number of amides is 1. The van der Waals surface area contributed by atoms with Gasteiger partial charge in [-0.1, -0.05) is 34.1 Å². The number of fused-ring (bicyclic) bond motifs is 1. The van der Waals surface area contributed by atoms with Gasteiger partial charge in [-0.05, 0) is 52.0 Å². The van der Waals surface area contributed by atoms with E-state index in [-0.39, 0.29) is 31.1 Å². The van der Waals surface area contributed by atoms with Gasteiger partial charge in [-0.15, -0.1) is 0 Å². The highest BCUT2D eigenvalue weighted by molar-refractivity contribution is 9.10. The van der Waals surface area contributed by atoms with E-state index in [0.717, 1.165) is 26.6 Å². The molecular weight excluding hydrogens is 514 g/mol. The highest BCUT2D eigenvalue weighted by Crippen LogP contribution is 2.31. The molecule has 8 nitrogen and oxygen atoms in total. The summed E-state index contributed by atoms with van der Waals surface area (Å²) >= 11 is 3.55. The van der Waals surface area contributed by atoms with Crippen molar-refractivity contribution in [1.29, 1.82) is 0 Å². The van der Waals surface area contributed by atoms with Crippen LogP contribution in [0.1, 0.15) is 45.0 Å². The number of carbonyl (C=O) groups is 2. The molecule has 1 amide bonds. The molecule has 35 heavy (non-hydrogen) atoms. The number of nitrogens with zero attached hydrogens (tertiary/aromatic N) is 3. The van der Waals surface area contributed by atoms with Crippen molar-refractivity contribution in [3.05, 3.63) is 58.2 Å². The number of aromatic nitrogens is 2. The van der Waals surface area contributed by atoms with Crippen LogP contribution in [0.25, 0.3) is 10.9 Å². The molecule has 1 saturated heterocycles. The predicted octanol–water partition coefficient (Wildman–Crippen LogP) is 5.28. The number of hydrogen-bond donors (Lipinski definition) is 0. The van der Waals surface area contributed by atoms with Gasteiger partial charge in [-0.3, -0.25) is 9.48 Å². The topological polar surface area (TPSA) is 82.9 Å². The van der Waals surface area contributed by atoms with E-state index in [2.05, 4.69) is 15.9 Å². The zero-order valence-electron chi connectivity index (χ0n) is 20.4. The molecule has 0 unspecified atom stereocenters. The molecule has 1 aliphatic rings. The van der Waals surface area contributed by atoms with Crippen molar-refractivity contribution in [2.24, 2.45) is 0 Å². The molecule has 2 aromatic carbocycles. The smallest absolute Gasteiger partial charge is 0.410 e. The maximum Gasteiger partial charge on any atom is 0.410 e. The number of likely N-dealkylation sites (tertiary alicyclic amines) is 1. The molecule has 1 aromatic heterocycles. The fourth-order valence-corrected chi connectivity index (χ4v) is 4.32. The van der Waals surface area contributed by atoms with Gasteiger partial charge in [0.05, 0.1) is 30.3 Å². The average Bonchev–Trinajstić information content (AvgIpc) is 3.08. The van der Waals surface area contributed by atoms with Gasteiger partial charge in [0.25, 0.3) is 0 Å². The Labute approximate surface area is 213 Å². The third-order valence-corrected chi connectivity index (χ3v) is 6.09. The van der Waals surface area contributed by atoms with Crippen LogP contribution in [0.3, 0.4) is 0 Å². The highest BCUT2D eigenvalue weighted by atomic mass is 79.9. The van der Waals surface area contributed by atoms with Crippen molar-refractivity contribution in [3.63, 3.8) is 0 Å². The number of ether oxygens (including phenoxy) is 3. The lowest BCUT2D eigenvalue weighted by molar-refractivity contribution is -0.142. The fourth-order valence-electron chi connectivity index (χ4n) is 3.96. The normalized spacial score (nSPS) is 14.0. The van der Waals surface area contributed by atoms with Crippen molar-refractivity contribution < 1.29 is 23.8 Å². The van der Waals surface area contributed by atoms with E-state index >= 15 is 0 Å². The minimum atomic E-state index is -0.537. The molecular formula is C26H30BrN3O5. The van der Waals surface area contributed by atoms with Gasteiger partial charge in [-0.2, -0.15) is 5.10 Å². The maximum absolute atomic E-state index is 12.4. The second-order valence-electron chi connectivity index (χ2n) is 9.47. The minimum Gasteiger partial charge on any atom is -0.487 e. The van der Waals surface area contributed by atoms with Crippen LogP contribution in [0.5, 0.6) is 5.75 Å². The molecule has 0 aliphatic carbocycles. The van der Waals surface area contributed by atoms with Gasteiger partial charge in [0.1, 0.15) is 18.0 Å². The first-order valence-corrected chi connectivity index (χ1v) is 12.4. The Balaban J connectivity index is 1.55. The Bertz CT molecular complexity index is 1230. The summed E-state index contributed by atoms with van der Waals surface area (Å²) in [5.74, 6) is 0.333. The Kier molecular flexibility index (Phi) is 7.35. The van der Waals surface area contributed by atoms with E-state index in [9.17, 15) is 9.59 Å². The summed E-state index contributed by atoms with van der Waals surface area (Å²) in [6, 6.07) is 13.4. The van der Waals surface area contributed by atoms with Crippen molar-refractivity contribution in [3.8, 4) is 5.75 Å². The van der Waals surface area contributed by atoms with Gasteiger partial charge >= 0.3 is 12.1 Å². The Morgan fingerprint density at radius 1 is 1.14 bits per heavy atom. The van der Waals surface area contributed by atoms with Crippen molar-refractivity contribution in [1.82, 2.24) is 14.7 Å². The molecule has 9 heteroatoms. The van der Waals surface area contributed by atoms with Crippen LogP contribution >= 0.6 is 15.9 Å². The lowest BCUT2D eigenvalue weighted by atomic mass is 10.1. The molecule has 4 rings (SSSR count). The van der Waals surface area contributed by atoms with Gasteiger partial charge in [-0.25, -0.2) is 4.79 Å². The standard InChI is InChI=1S/C26H30BrN3O5/c1-5-33-24(31)12-17-8-6-7-9-23(17)34-16-22-20-13-18(27)10-11-21(20)28-30(22)19-14-29(15-19)25(32)35-26(2,3)4/h6-11,13,19H,5,12,14-16H2,1-4H3. The SMILES string of the molecule is CCOC(=O)Cc1ccccc1OCc1c2cc(Br)ccc2nn1C1CN(C(=O)OC(C)(C)C)C1. The molecule has 0 radical (unpaired) electrons. The van der Waals surface area contributed by atoms with Crippen LogP contribution in [0, 0.1) is 0 Å². The first-order valence-electron chi connectivity index (χ1n) is 11.7. The van der Waals surface area contributed by atoms with Crippen LogP contribution in [-0.4, -0.2) is 52.0 Å². The van der Waals surface area contributed by atoms with Gasteiger partial charge in [0, 0.05) is 28.5 Å². The first kappa shape index (κ1) is 25.0. The molecule has 3 aromatic rings. The number of esters is 1. The number of rotatable bonds is 7. The van der Waals surface area contributed by atoms with E-state index < -0.39 is 5.60 Å². The van der Waals surface area contributed by atoms with E-state index in [1.165, 1.54) is 0 Å². The average molecular weight is 544 g/mol. The van der Waals surface area contributed by atoms with E-state index in [1.54, 1.807) is 11.8 Å². The lowest BCUT2D eigenvalue weighted by Crippen LogP contribution is -2.52. The predicted molar refractivity (Wildman–Crippen MR) is 135 cm³/mol. The summed E-state index contributed by atoms with van der Waals surface area (Å²) in [6.45, 7) is 8.97. The minimum absolute atomic E-state index is 0.0158. The quantitative estimate of drug-likeness (QED) is 0.377. The molecule has 0 bridgehead atoms. The van der Waals surface area contributed by atoms with Crippen LogP contribution in [0.2, 0.25) is 0 Å². The molecule has 0 N–H and O–H groups in total. The van der Waals surface area contributed by atoms with Gasteiger partial charge < -0.3 is 19.1 Å². The second kappa shape index (κ2) is 10.3.